The maximum atomic E-state index is 5.65. The van der Waals surface area contributed by atoms with Crippen LogP contribution < -0.4 is 5.73 Å². The molecule has 6 heteroatoms. The number of thioether (sulfide) groups is 1. The summed E-state index contributed by atoms with van der Waals surface area (Å²) in [5.74, 6) is 1.81. The molecule has 0 aliphatic rings. The number of nitrogens with two attached hydrogens (primary N) is 1. The Morgan fingerprint density at radius 2 is 2.24 bits per heavy atom. The first kappa shape index (κ1) is 12.6. The number of hydrogen-bond acceptors (Lipinski definition) is 5. The van der Waals surface area contributed by atoms with Gasteiger partial charge in [-0.05, 0) is 35.0 Å². The van der Waals surface area contributed by atoms with Crippen molar-refractivity contribution in [3.05, 3.63) is 40.5 Å². The molecule has 4 nitrogen and oxygen atoms in total. The fourth-order valence-electron chi connectivity index (χ4n) is 1.22. The van der Waals surface area contributed by atoms with Crippen molar-refractivity contribution in [3.63, 3.8) is 0 Å². The molecule has 0 aliphatic carbocycles. The van der Waals surface area contributed by atoms with E-state index in [2.05, 4.69) is 26.1 Å². The SMILES string of the molecule is C[C@@H](N)c1nc(CSc2ccccc2Br)no1. The number of nitrogens with zero attached hydrogens (tertiary/aromatic N) is 2. The van der Waals surface area contributed by atoms with Crippen LogP contribution in [0.3, 0.4) is 0 Å². The predicted molar refractivity (Wildman–Crippen MR) is 70.6 cm³/mol. The van der Waals surface area contributed by atoms with Crippen molar-refractivity contribution in [1.29, 1.82) is 0 Å². The first-order valence-corrected chi connectivity index (χ1v) is 6.90. The number of hydrogen-bond donors (Lipinski definition) is 1. The topological polar surface area (TPSA) is 64.9 Å². The van der Waals surface area contributed by atoms with Crippen LogP contribution in [0.25, 0.3) is 0 Å². The molecule has 1 heterocycles. The van der Waals surface area contributed by atoms with Gasteiger partial charge in [0.2, 0.25) is 5.89 Å². The van der Waals surface area contributed by atoms with Crippen molar-refractivity contribution < 1.29 is 4.52 Å². The van der Waals surface area contributed by atoms with Gasteiger partial charge in [0, 0.05) is 9.37 Å². The minimum absolute atomic E-state index is 0.218. The molecule has 0 unspecified atom stereocenters. The molecule has 0 saturated heterocycles. The highest BCUT2D eigenvalue weighted by Gasteiger charge is 2.10. The Balaban J connectivity index is 2.00. The summed E-state index contributed by atoms with van der Waals surface area (Å²) < 4.78 is 6.10. The molecule has 2 aromatic rings. The van der Waals surface area contributed by atoms with Gasteiger partial charge in [-0.3, -0.25) is 0 Å². The second kappa shape index (κ2) is 5.66. The Morgan fingerprint density at radius 1 is 1.47 bits per heavy atom. The molecule has 0 amide bonds. The normalized spacial score (nSPS) is 12.6. The maximum absolute atomic E-state index is 5.65. The van der Waals surface area contributed by atoms with E-state index in [-0.39, 0.29) is 6.04 Å². The molecule has 90 valence electrons. The molecule has 0 aliphatic heterocycles. The summed E-state index contributed by atoms with van der Waals surface area (Å²) >= 11 is 5.15. The van der Waals surface area contributed by atoms with Crippen molar-refractivity contribution >= 4 is 27.7 Å². The summed E-state index contributed by atoms with van der Waals surface area (Å²) in [7, 11) is 0. The van der Waals surface area contributed by atoms with Crippen LogP contribution >= 0.6 is 27.7 Å². The van der Waals surface area contributed by atoms with Crippen LogP contribution in [0.4, 0.5) is 0 Å². The van der Waals surface area contributed by atoms with Crippen LogP contribution in [0, 0.1) is 0 Å². The van der Waals surface area contributed by atoms with E-state index in [1.54, 1.807) is 11.8 Å². The summed E-state index contributed by atoms with van der Waals surface area (Å²) in [5, 5.41) is 3.88. The lowest BCUT2D eigenvalue weighted by Crippen LogP contribution is -2.05. The van der Waals surface area contributed by atoms with Gasteiger partial charge in [0.15, 0.2) is 5.82 Å². The summed E-state index contributed by atoms with van der Waals surface area (Å²) in [6.07, 6.45) is 0. The van der Waals surface area contributed by atoms with E-state index in [1.807, 2.05) is 31.2 Å². The van der Waals surface area contributed by atoms with E-state index < -0.39 is 0 Å². The van der Waals surface area contributed by atoms with Crippen LogP contribution in [0.15, 0.2) is 38.2 Å². The summed E-state index contributed by atoms with van der Waals surface area (Å²) in [6.45, 7) is 1.82. The molecule has 0 fully saturated rings. The molecule has 1 aromatic carbocycles. The third kappa shape index (κ3) is 3.31. The minimum atomic E-state index is -0.218. The summed E-state index contributed by atoms with van der Waals surface area (Å²) in [5.41, 5.74) is 5.65. The quantitative estimate of drug-likeness (QED) is 0.878. The molecule has 17 heavy (non-hydrogen) atoms. The number of halogens is 1. The van der Waals surface area contributed by atoms with Crippen LogP contribution in [0.5, 0.6) is 0 Å². The smallest absolute Gasteiger partial charge is 0.243 e. The first-order valence-electron chi connectivity index (χ1n) is 5.12. The molecule has 2 N–H and O–H groups in total. The van der Waals surface area contributed by atoms with Crippen LogP contribution in [0.1, 0.15) is 24.7 Å². The third-order valence-electron chi connectivity index (χ3n) is 2.07. The highest BCUT2D eigenvalue weighted by atomic mass is 79.9. The van der Waals surface area contributed by atoms with Gasteiger partial charge in [-0.2, -0.15) is 4.98 Å². The van der Waals surface area contributed by atoms with Crippen molar-refractivity contribution in [2.45, 2.75) is 23.6 Å². The van der Waals surface area contributed by atoms with Gasteiger partial charge < -0.3 is 10.3 Å². The second-order valence-corrected chi connectivity index (χ2v) is 5.43. The first-order chi connectivity index (χ1) is 8.16. The largest absolute Gasteiger partial charge is 0.338 e. The van der Waals surface area contributed by atoms with Gasteiger partial charge in [0.25, 0.3) is 0 Å². The van der Waals surface area contributed by atoms with E-state index in [4.69, 9.17) is 10.3 Å². The molecule has 0 bridgehead atoms. The van der Waals surface area contributed by atoms with E-state index in [0.717, 1.165) is 9.37 Å². The molecule has 0 radical (unpaired) electrons. The van der Waals surface area contributed by atoms with Gasteiger partial charge in [0.1, 0.15) is 0 Å². The summed E-state index contributed by atoms with van der Waals surface area (Å²) in [6, 6.07) is 7.81. The van der Waals surface area contributed by atoms with Crippen molar-refractivity contribution in [3.8, 4) is 0 Å². The zero-order valence-corrected chi connectivity index (χ0v) is 11.7. The van der Waals surface area contributed by atoms with Crippen LogP contribution in [-0.4, -0.2) is 10.1 Å². The van der Waals surface area contributed by atoms with Gasteiger partial charge in [0.05, 0.1) is 11.8 Å². The summed E-state index contributed by atoms with van der Waals surface area (Å²) in [4.78, 5) is 5.37. The number of aromatic nitrogens is 2. The molecule has 1 atom stereocenters. The Kier molecular flexibility index (Phi) is 4.20. The zero-order valence-electron chi connectivity index (χ0n) is 9.26. The van der Waals surface area contributed by atoms with Gasteiger partial charge >= 0.3 is 0 Å². The van der Waals surface area contributed by atoms with Crippen molar-refractivity contribution in [2.24, 2.45) is 5.73 Å². The molecule has 0 saturated carbocycles. The molecular formula is C11H12BrN3OS. The average molecular weight is 314 g/mol. The van der Waals surface area contributed by atoms with Crippen LogP contribution in [-0.2, 0) is 5.75 Å². The Labute approximate surface area is 112 Å². The third-order valence-corrected chi connectivity index (χ3v) is 4.09. The van der Waals surface area contributed by atoms with Crippen molar-refractivity contribution in [1.82, 2.24) is 10.1 Å². The highest BCUT2D eigenvalue weighted by molar-refractivity contribution is 9.10. The van der Waals surface area contributed by atoms with Gasteiger partial charge in [-0.15, -0.1) is 11.8 Å². The number of benzene rings is 1. The molecule has 2 rings (SSSR count). The number of rotatable bonds is 4. The standard InChI is InChI=1S/C11H12BrN3OS/c1-7(13)11-14-10(15-16-11)6-17-9-5-3-2-4-8(9)12/h2-5,7H,6,13H2,1H3/t7-/m1/s1. The fourth-order valence-corrected chi connectivity index (χ4v) is 2.63. The van der Waals surface area contributed by atoms with Gasteiger partial charge in [-0.25, -0.2) is 0 Å². The van der Waals surface area contributed by atoms with Crippen LogP contribution in [0.2, 0.25) is 0 Å². The molecule has 0 spiro atoms. The van der Waals surface area contributed by atoms with E-state index in [0.29, 0.717) is 17.5 Å². The fraction of sp³-hybridized carbons (Fsp3) is 0.273. The highest BCUT2D eigenvalue weighted by Crippen LogP contribution is 2.29. The molecule has 1 aromatic heterocycles. The maximum Gasteiger partial charge on any atom is 0.243 e. The Hall–Kier alpha value is -0.850. The van der Waals surface area contributed by atoms with Gasteiger partial charge in [-0.1, -0.05) is 17.3 Å². The van der Waals surface area contributed by atoms with Crippen molar-refractivity contribution in [2.75, 3.05) is 0 Å². The predicted octanol–water partition coefficient (Wildman–Crippen LogP) is 3.14. The lowest BCUT2D eigenvalue weighted by Gasteiger charge is -2.00. The lowest BCUT2D eigenvalue weighted by atomic mass is 10.4. The Bertz CT molecular complexity index is 501. The molecular weight excluding hydrogens is 302 g/mol. The van der Waals surface area contributed by atoms with E-state index >= 15 is 0 Å². The lowest BCUT2D eigenvalue weighted by molar-refractivity contribution is 0.358. The average Bonchev–Trinajstić information content (AvgIpc) is 2.77. The second-order valence-electron chi connectivity index (χ2n) is 3.56. The Morgan fingerprint density at radius 3 is 2.88 bits per heavy atom. The van der Waals surface area contributed by atoms with E-state index in [9.17, 15) is 0 Å². The zero-order chi connectivity index (χ0) is 12.3. The van der Waals surface area contributed by atoms with E-state index in [1.165, 1.54) is 0 Å². The minimum Gasteiger partial charge on any atom is -0.338 e. The monoisotopic (exact) mass is 313 g/mol.